The Hall–Kier alpha value is -0.630. The monoisotopic (exact) mass is 870 g/mol. The molecule has 0 bridgehead atoms. The van der Waals surface area contributed by atoms with Gasteiger partial charge in [-0.05, 0) is 67.2 Å². The van der Waals surface area contributed by atoms with Crippen molar-refractivity contribution in [3.8, 4) is 0 Å². The molecule has 0 atom stereocenters. The summed E-state index contributed by atoms with van der Waals surface area (Å²) in [7, 11) is 0. The second kappa shape index (κ2) is 37.6. The predicted molar refractivity (Wildman–Crippen MR) is 196 cm³/mol. The highest BCUT2D eigenvalue weighted by atomic mass is 79.9. The molecule has 0 aliphatic rings. The van der Waals surface area contributed by atoms with E-state index in [-0.39, 0.29) is 16.9 Å². The summed E-state index contributed by atoms with van der Waals surface area (Å²) in [6.45, 7) is 11.7. The third-order valence-electron chi connectivity index (χ3n) is 4.93. The van der Waals surface area contributed by atoms with Gasteiger partial charge < -0.3 is 19.7 Å². The summed E-state index contributed by atoms with van der Waals surface area (Å²) in [5.41, 5.74) is -0.841. The van der Waals surface area contributed by atoms with E-state index < -0.39 is 29.7 Å². The summed E-state index contributed by atoms with van der Waals surface area (Å²) in [5, 5.41) is 19.3. The molecule has 0 unspecified atom stereocenters. The summed E-state index contributed by atoms with van der Waals surface area (Å²) in [4.78, 5) is 41.0. The molecule has 0 aromatic heterocycles. The topological polar surface area (TPSA) is 127 Å². The standard InChI is InChI=1S/C14H27BrO2.C10H19BrO2.C4H3F3O3.C4H10O.CH2Cl2/c1-14(2,3)17-13(16)11-9-7-5-4-6-8-10-12-15;11-9-7-5-3-1-2-4-6-8-10(12)13;1-2(8)10-3(9)4(5,6)7;1-4(2,3)5;2-1-3/h4-12H2,1-3H3;1-9H2,(H,12,13);1H3;5H,1-3H3;1H2. The molecule has 0 saturated carbocycles. The molecule has 0 heterocycles. The first-order valence-corrected chi connectivity index (χ1v) is 19.5. The number of esters is 3. The lowest BCUT2D eigenvalue weighted by molar-refractivity contribution is -0.201. The molecule has 0 saturated heterocycles. The van der Waals surface area contributed by atoms with Gasteiger partial charge in [-0.1, -0.05) is 96.1 Å². The van der Waals surface area contributed by atoms with Crippen LogP contribution in [0, 0.1) is 0 Å². The minimum absolute atomic E-state index is 0.0585. The number of hydrogen-bond acceptors (Lipinski definition) is 7. The summed E-state index contributed by atoms with van der Waals surface area (Å²) in [6, 6.07) is 0. The quantitative estimate of drug-likeness (QED) is 0.0603. The Labute approximate surface area is 314 Å². The first-order chi connectivity index (χ1) is 22.0. The Morgan fingerprint density at radius 2 is 0.938 bits per heavy atom. The second-order valence-electron chi connectivity index (χ2n) is 12.5. The van der Waals surface area contributed by atoms with E-state index in [1.165, 1.54) is 64.2 Å². The maximum absolute atomic E-state index is 11.4. The molecule has 0 radical (unpaired) electrons. The normalized spacial score (nSPS) is 10.7. The predicted octanol–water partition coefficient (Wildman–Crippen LogP) is 11.3. The fourth-order valence-corrected chi connectivity index (χ4v) is 3.88. The Morgan fingerprint density at radius 1 is 0.646 bits per heavy atom. The smallest absolute Gasteiger partial charge is 0.481 e. The maximum atomic E-state index is 11.4. The molecular formula is C33H61Br2Cl2F3O8. The van der Waals surface area contributed by atoms with Gasteiger partial charge >= 0.3 is 30.1 Å². The molecule has 0 fully saturated rings. The van der Waals surface area contributed by atoms with Crippen LogP contribution in [0.1, 0.15) is 151 Å². The Bertz CT molecular complexity index is 771. The van der Waals surface area contributed by atoms with Crippen molar-refractivity contribution in [2.24, 2.45) is 0 Å². The van der Waals surface area contributed by atoms with Crippen LogP contribution in [-0.4, -0.2) is 67.5 Å². The molecule has 0 aromatic rings. The molecule has 0 aliphatic carbocycles. The summed E-state index contributed by atoms with van der Waals surface area (Å²) < 4.78 is 42.0. The summed E-state index contributed by atoms with van der Waals surface area (Å²) in [5.74, 6) is -4.49. The van der Waals surface area contributed by atoms with Crippen molar-refractivity contribution in [2.45, 2.75) is 169 Å². The highest BCUT2D eigenvalue weighted by Crippen LogP contribution is 2.16. The largest absolute Gasteiger partial charge is 0.491 e. The van der Waals surface area contributed by atoms with E-state index in [4.69, 9.17) is 38.2 Å². The lowest BCUT2D eigenvalue weighted by Gasteiger charge is -2.19. The average Bonchev–Trinajstić information content (AvgIpc) is 2.90. The second-order valence-corrected chi connectivity index (χ2v) is 14.9. The number of rotatable bonds is 18. The maximum Gasteiger partial charge on any atom is 0.491 e. The third kappa shape index (κ3) is 75.6. The van der Waals surface area contributed by atoms with Gasteiger partial charge in [-0.2, -0.15) is 13.2 Å². The fraction of sp³-hybridized carbons (Fsp3) is 0.879. The number of carbonyl (C=O) groups excluding carboxylic acids is 3. The highest BCUT2D eigenvalue weighted by molar-refractivity contribution is 9.09. The van der Waals surface area contributed by atoms with Crippen LogP contribution in [0.5, 0.6) is 0 Å². The van der Waals surface area contributed by atoms with Gasteiger partial charge in [0.15, 0.2) is 0 Å². The minimum Gasteiger partial charge on any atom is -0.481 e. The minimum atomic E-state index is -5.09. The molecule has 2 N–H and O–H groups in total. The zero-order chi connectivity index (χ0) is 38.7. The molecule has 0 rings (SSSR count). The fourth-order valence-electron chi connectivity index (χ4n) is 3.08. The molecular weight excluding hydrogens is 812 g/mol. The SMILES string of the molecule is CC(=O)OC(=O)C(F)(F)F.CC(C)(C)O.CC(C)(C)OC(=O)CCCCCCCCCBr.ClCCl.O=C(O)CCCCCCCCCBr. The van der Waals surface area contributed by atoms with E-state index in [2.05, 4.69) is 36.6 Å². The Balaban J connectivity index is -0.000000177. The van der Waals surface area contributed by atoms with Crippen molar-refractivity contribution in [2.75, 3.05) is 16.0 Å². The zero-order valence-corrected chi connectivity index (χ0v) is 34.6. The summed E-state index contributed by atoms with van der Waals surface area (Å²) >= 11 is 16.4. The van der Waals surface area contributed by atoms with Crippen LogP contribution >= 0.6 is 55.1 Å². The molecule has 48 heavy (non-hydrogen) atoms. The van der Waals surface area contributed by atoms with Crippen molar-refractivity contribution in [3.05, 3.63) is 0 Å². The Kier molecular flexibility index (Phi) is 44.5. The van der Waals surface area contributed by atoms with E-state index >= 15 is 0 Å². The number of unbranched alkanes of at least 4 members (excludes halogenated alkanes) is 12. The van der Waals surface area contributed by atoms with Crippen LogP contribution in [0.3, 0.4) is 0 Å². The molecule has 15 heteroatoms. The van der Waals surface area contributed by atoms with Crippen molar-refractivity contribution in [3.63, 3.8) is 0 Å². The number of alkyl halides is 7. The van der Waals surface area contributed by atoms with Crippen molar-refractivity contribution < 1.29 is 52.0 Å². The van der Waals surface area contributed by atoms with Crippen LogP contribution in [0.25, 0.3) is 0 Å². The summed E-state index contributed by atoms with van der Waals surface area (Å²) in [6.07, 6.45) is 12.6. The number of carbonyl (C=O) groups is 4. The van der Waals surface area contributed by atoms with Crippen LogP contribution in [-0.2, 0) is 28.7 Å². The third-order valence-corrected chi connectivity index (χ3v) is 6.05. The van der Waals surface area contributed by atoms with Gasteiger partial charge in [-0.15, -0.1) is 23.2 Å². The van der Waals surface area contributed by atoms with Gasteiger partial charge in [0.05, 0.1) is 10.9 Å². The van der Waals surface area contributed by atoms with E-state index in [1.807, 2.05) is 20.8 Å². The lowest BCUT2D eigenvalue weighted by atomic mass is 10.1. The molecule has 0 amide bonds. The van der Waals surface area contributed by atoms with Crippen molar-refractivity contribution in [1.29, 1.82) is 0 Å². The van der Waals surface area contributed by atoms with Gasteiger partial charge in [0, 0.05) is 30.4 Å². The van der Waals surface area contributed by atoms with Gasteiger partial charge in [0.1, 0.15) is 5.60 Å². The zero-order valence-electron chi connectivity index (χ0n) is 29.9. The number of halogens is 7. The number of hydrogen-bond donors (Lipinski definition) is 2. The van der Waals surface area contributed by atoms with Crippen LogP contribution in [0.4, 0.5) is 13.2 Å². The van der Waals surface area contributed by atoms with Gasteiger partial charge in [0.25, 0.3) is 0 Å². The lowest BCUT2D eigenvalue weighted by Crippen LogP contribution is -2.26. The highest BCUT2D eigenvalue weighted by Gasteiger charge is 2.41. The number of ether oxygens (including phenoxy) is 2. The first-order valence-electron chi connectivity index (χ1n) is 16.2. The van der Waals surface area contributed by atoms with Crippen molar-refractivity contribution in [1.82, 2.24) is 0 Å². The number of carboxylic acids is 1. The van der Waals surface area contributed by atoms with Crippen LogP contribution < -0.4 is 0 Å². The van der Waals surface area contributed by atoms with Crippen LogP contribution in [0.15, 0.2) is 0 Å². The van der Waals surface area contributed by atoms with E-state index in [1.54, 1.807) is 20.8 Å². The first kappa shape index (κ1) is 56.7. The van der Waals surface area contributed by atoms with E-state index in [0.717, 1.165) is 36.3 Å². The molecule has 0 aliphatic heterocycles. The molecule has 290 valence electrons. The van der Waals surface area contributed by atoms with Crippen molar-refractivity contribution >= 4 is 78.9 Å². The van der Waals surface area contributed by atoms with E-state index in [9.17, 15) is 32.3 Å². The van der Waals surface area contributed by atoms with Gasteiger partial charge in [-0.25, -0.2) is 4.79 Å². The molecule has 0 aromatic carbocycles. The number of aliphatic hydroxyl groups is 1. The Morgan fingerprint density at radius 3 is 1.17 bits per heavy atom. The average molecular weight is 874 g/mol. The van der Waals surface area contributed by atoms with E-state index in [0.29, 0.717) is 19.8 Å². The molecule has 8 nitrogen and oxygen atoms in total. The molecule has 0 spiro atoms. The number of aliphatic carboxylic acids is 1. The van der Waals surface area contributed by atoms with Gasteiger partial charge in [-0.3, -0.25) is 14.4 Å². The van der Waals surface area contributed by atoms with Crippen LogP contribution in [0.2, 0.25) is 0 Å². The number of carboxylic acid groups (broad SMARTS) is 1. The van der Waals surface area contributed by atoms with Gasteiger partial charge in [0.2, 0.25) is 0 Å².